The molecule has 0 aromatic carbocycles. The summed E-state index contributed by atoms with van der Waals surface area (Å²) in [5, 5.41) is 0. The Labute approximate surface area is 88.6 Å². The average Bonchev–Trinajstić information content (AvgIpc) is 2.03. The highest BCUT2D eigenvalue weighted by Crippen LogP contribution is 2.09. The van der Waals surface area contributed by atoms with Crippen LogP contribution in [0.2, 0.25) is 0 Å². The SMILES string of the molecule is CCCC(C)(N)CN(C)CCOCC. The number of hydrogen-bond acceptors (Lipinski definition) is 3. The molecule has 0 fully saturated rings. The summed E-state index contributed by atoms with van der Waals surface area (Å²) in [5.41, 5.74) is 6.09. The Morgan fingerprint density at radius 1 is 1.36 bits per heavy atom. The number of nitrogens with zero attached hydrogens (tertiary/aromatic N) is 1. The van der Waals surface area contributed by atoms with E-state index in [2.05, 4.69) is 25.8 Å². The van der Waals surface area contributed by atoms with Crippen molar-refractivity contribution < 1.29 is 4.74 Å². The molecular formula is C11H26N2O. The van der Waals surface area contributed by atoms with Gasteiger partial charge in [-0.1, -0.05) is 13.3 Å². The van der Waals surface area contributed by atoms with E-state index in [-0.39, 0.29) is 5.54 Å². The van der Waals surface area contributed by atoms with Gasteiger partial charge in [0.15, 0.2) is 0 Å². The number of rotatable bonds is 8. The van der Waals surface area contributed by atoms with Crippen LogP contribution in [0.4, 0.5) is 0 Å². The van der Waals surface area contributed by atoms with Gasteiger partial charge in [0.05, 0.1) is 6.61 Å². The molecule has 1 atom stereocenters. The van der Waals surface area contributed by atoms with Crippen molar-refractivity contribution in [1.29, 1.82) is 0 Å². The molecule has 14 heavy (non-hydrogen) atoms. The standard InChI is InChI=1S/C11H26N2O/c1-5-7-11(3,12)10-13(4)8-9-14-6-2/h5-10,12H2,1-4H3. The van der Waals surface area contributed by atoms with Crippen LogP contribution in [0.5, 0.6) is 0 Å². The van der Waals surface area contributed by atoms with Gasteiger partial charge in [0, 0.05) is 25.2 Å². The molecule has 0 aromatic heterocycles. The lowest BCUT2D eigenvalue weighted by atomic mass is 9.97. The van der Waals surface area contributed by atoms with Crippen LogP contribution in [-0.4, -0.2) is 43.8 Å². The van der Waals surface area contributed by atoms with Gasteiger partial charge in [0.1, 0.15) is 0 Å². The van der Waals surface area contributed by atoms with Gasteiger partial charge in [-0.2, -0.15) is 0 Å². The molecule has 0 aliphatic heterocycles. The highest BCUT2D eigenvalue weighted by atomic mass is 16.5. The van der Waals surface area contributed by atoms with E-state index in [9.17, 15) is 0 Å². The minimum Gasteiger partial charge on any atom is -0.380 e. The molecule has 0 bridgehead atoms. The molecule has 0 saturated heterocycles. The maximum Gasteiger partial charge on any atom is 0.0593 e. The first-order valence-electron chi connectivity index (χ1n) is 5.57. The van der Waals surface area contributed by atoms with Gasteiger partial charge in [0.2, 0.25) is 0 Å². The van der Waals surface area contributed by atoms with Gasteiger partial charge in [-0.25, -0.2) is 0 Å². The summed E-state index contributed by atoms with van der Waals surface area (Å²) in [7, 11) is 2.10. The van der Waals surface area contributed by atoms with Crippen molar-refractivity contribution in [2.75, 3.05) is 33.4 Å². The molecule has 0 aliphatic carbocycles. The number of ether oxygens (including phenoxy) is 1. The lowest BCUT2D eigenvalue weighted by Gasteiger charge is -2.29. The maximum absolute atomic E-state index is 6.15. The quantitative estimate of drug-likeness (QED) is 0.606. The van der Waals surface area contributed by atoms with Crippen LogP contribution in [0.25, 0.3) is 0 Å². The molecule has 0 amide bonds. The summed E-state index contributed by atoms with van der Waals surface area (Å²) in [4.78, 5) is 2.24. The molecule has 3 heteroatoms. The highest BCUT2D eigenvalue weighted by Gasteiger charge is 2.18. The van der Waals surface area contributed by atoms with Crippen molar-refractivity contribution in [1.82, 2.24) is 4.90 Å². The van der Waals surface area contributed by atoms with Crippen LogP contribution in [-0.2, 0) is 4.74 Å². The Hall–Kier alpha value is -0.120. The summed E-state index contributed by atoms with van der Waals surface area (Å²) >= 11 is 0. The van der Waals surface area contributed by atoms with E-state index in [0.29, 0.717) is 0 Å². The van der Waals surface area contributed by atoms with Gasteiger partial charge < -0.3 is 15.4 Å². The van der Waals surface area contributed by atoms with E-state index in [1.165, 1.54) is 0 Å². The van der Waals surface area contributed by atoms with Crippen molar-refractivity contribution in [3.05, 3.63) is 0 Å². The second-order valence-corrected chi connectivity index (χ2v) is 4.34. The Kier molecular flexibility index (Phi) is 7.15. The van der Waals surface area contributed by atoms with E-state index in [4.69, 9.17) is 10.5 Å². The van der Waals surface area contributed by atoms with Crippen LogP contribution in [0.3, 0.4) is 0 Å². The van der Waals surface area contributed by atoms with Crippen molar-refractivity contribution in [2.45, 2.75) is 39.2 Å². The lowest BCUT2D eigenvalue weighted by Crippen LogP contribution is -2.47. The van der Waals surface area contributed by atoms with E-state index in [1.54, 1.807) is 0 Å². The summed E-state index contributed by atoms with van der Waals surface area (Å²) in [5.74, 6) is 0. The molecule has 0 saturated carbocycles. The fraction of sp³-hybridized carbons (Fsp3) is 1.00. The summed E-state index contributed by atoms with van der Waals surface area (Å²) < 4.78 is 5.30. The Morgan fingerprint density at radius 3 is 2.50 bits per heavy atom. The summed E-state index contributed by atoms with van der Waals surface area (Å²) in [6.45, 7) is 9.80. The number of nitrogens with two attached hydrogens (primary N) is 1. The molecule has 3 nitrogen and oxygen atoms in total. The Balaban J connectivity index is 3.63. The van der Waals surface area contributed by atoms with Gasteiger partial charge in [-0.05, 0) is 27.3 Å². The van der Waals surface area contributed by atoms with Gasteiger partial charge >= 0.3 is 0 Å². The summed E-state index contributed by atoms with van der Waals surface area (Å²) in [6, 6.07) is 0. The van der Waals surface area contributed by atoms with Crippen LogP contribution < -0.4 is 5.73 Å². The molecule has 0 heterocycles. The normalized spacial score (nSPS) is 15.9. The predicted octanol–water partition coefficient (Wildman–Crippen LogP) is 1.47. The second kappa shape index (κ2) is 7.21. The highest BCUT2D eigenvalue weighted by molar-refractivity contribution is 4.81. The predicted molar refractivity (Wildman–Crippen MR) is 61.5 cm³/mol. The minimum absolute atomic E-state index is 0.0598. The monoisotopic (exact) mass is 202 g/mol. The first kappa shape index (κ1) is 13.9. The van der Waals surface area contributed by atoms with E-state index < -0.39 is 0 Å². The summed E-state index contributed by atoms with van der Waals surface area (Å²) in [6.07, 6.45) is 2.22. The molecular weight excluding hydrogens is 176 g/mol. The van der Waals surface area contributed by atoms with E-state index in [1.807, 2.05) is 6.92 Å². The molecule has 0 aromatic rings. The zero-order valence-corrected chi connectivity index (χ0v) is 10.2. The number of hydrogen-bond donors (Lipinski definition) is 1. The van der Waals surface area contributed by atoms with Crippen molar-refractivity contribution >= 4 is 0 Å². The first-order valence-corrected chi connectivity index (χ1v) is 5.57. The second-order valence-electron chi connectivity index (χ2n) is 4.34. The Morgan fingerprint density at radius 2 is 2.00 bits per heavy atom. The van der Waals surface area contributed by atoms with E-state index >= 15 is 0 Å². The zero-order valence-electron chi connectivity index (χ0n) is 10.2. The third kappa shape index (κ3) is 7.30. The fourth-order valence-corrected chi connectivity index (χ4v) is 1.71. The lowest BCUT2D eigenvalue weighted by molar-refractivity contribution is 0.114. The largest absolute Gasteiger partial charge is 0.380 e. The topological polar surface area (TPSA) is 38.5 Å². The molecule has 2 N–H and O–H groups in total. The number of likely N-dealkylation sites (N-methyl/N-ethyl adjacent to an activating group) is 1. The molecule has 1 unspecified atom stereocenters. The van der Waals surface area contributed by atoms with Crippen molar-refractivity contribution in [3.8, 4) is 0 Å². The zero-order chi connectivity index (χ0) is 11.0. The first-order chi connectivity index (χ1) is 6.52. The molecule has 0 rings (SSSR count). The van der Waals surface area contributed by atoms with Crippen molar-refractivity contribution in [2.24, 2.45) is 5.73 Å². The Bertz CT molecular complexity index is 137. The molecule has 86 valence electrons. The van der Waals surface area contributed by atoms with Gasteiger partial charge in [0.25, 0.3) is 0 Å². The third-order valence-corrected chi connectivity index (χ3v) is 2.27. The van der Waals surface area contributed by atoms with E-state index in [0.717, 1.165) is 39.1 Å². The van der Waals surface area contributed by atoms with Gasteiger partial charge in [-0.15, -0.1) is 0 Å². The fourth-order valence-electron chi connectivity index (χ4n) is 1.71. The van der Waals surface area contributed by atoms with Gasteiger partial charge in [-0.3, -0.25) is 0 Å². The molecule has 0 radical (unpaired) electrons. The average molecular weight is 202 g/mol. The maximum atomic E-state index is 6.15. The third-order valence-electron chi connectivity index (χ3n) is 2.27. The van der Waals surface area contributed by atoms with Crippen LogP contribution in [0, 0.1) is 0 Å². The minimum atomic E-state index is -0.0598. The smallest absolute Gasteiger partial charge is 0.0593 e. The molecule has 0 spiro atoms. The molecule has 0 aliphatic rings. The van der Waals surface area contributed by atoms with Crippen LogP contribution in [0.1, 0.15) is 33.6 Å². The van der Waals surface area contributed by atoms with Crippen LogP contribution in [0.15, 0.2) is 0 Å². The van der Waals surface area contributed by atoms with Crippen molar-refractivity contribution in [3.63, 3.8) is 0 Å². The van der Waals surface area contributed by atoms with Crippen LogP contribution >= 0.6 is 0 Å².